The maximum Gasteiger partial charge on any atom is 0.144 e. The topological polar surface area (TPSA) is 0 Å². The van der Waals surface area contributed by atoms with Gasteiger partial charge in [-0.2, -0.15) is 22.7 Å². The summed E-state index contributed by atoms with van der Waals surface area (Å²) in [5.41, 5.74) is 4.33. The van der Waals surface area contributed by atoms with Gasteiger partial charge < -0.3 is 0 Å². The fraction of sp³-hybridized carbons (Fsp3) is 0.0870. The van der Waals surface area contributed by atoms with E-state index in [1.165, 1.54) is 56.8 Å². The number of hydrogen-bond donors (Lipinski definition) is 0. The minimum absolute atomic E-state index is 0.913. The summed E-state index contributed by atoms with van der Waals surface area (Å²) in [7, 11) is -1.91. The summed E-state index contributed by atoms with van der Waals surface area (Å²) < 4.78 is 0. The van der Waals surface area contributed by atoms with E-state index >= 15 is 0 Å². The van der Waals surface area contributed by atoms with Gasteiger partial charge in [-0.25, -0.2) is 0 Å². The van der Waals surface area contributed by atoms with E-state index in [1.54, 1.807) is 0 Å². The fourth-order valence-electron chi connectivity index (χ4n) is 7.43. The minimum atomic E-state index is -1.91. The lowest BCUT2D eigenvalue weighted by atomic mass is 9.14. The molecule has 0 heterocycles. The van der Waals surface area contributed by atoms with Crippen molar-refractivity contribution in [2.75, 3.05) is 0 Å². The molecule has 0 amide bonds. The summed E-state index contributed by atoms with van der Waals surface area (Å²) in [6, 6.07) is 77.0. The van der Waals surface area contributed by atoms with Crippen LogP contribution in [0.4, 0.5) is 0 Å². The fourth-order valence-corrected chi connectivity index (χ4v) is 11.7. The van der Waals surface area contributed by atoms with Crippen LogP contribution in [-0.4, -0.2) is 6.15 Å². The third-order valence-corrected chi connectivity index (χ3v) is 14.0. The molecule has 236 valence electrons. The van der Waals surface area contributed by atoms with E-state index in [2.05, 4.69) is 219 Å². The van der Waals surface area contributed by atoms with Crippen LogP contribution in [0.3, 0.4) is 0 Å². The number of hydrogen-bond acceptors (Lipinski definition) is 0. The molecule has 0 bridgehead atoms. The van der Waals surface area contributed by atoms with E-state index < -0.39 is 13.4 Å². The molecule has 0 N–H and O–H groups in total. The lowest BCUT2D eigenvalue weighted by molar-refractivity contribution is 0.874. The molecule has 0 aromatic heterocycles. The maximum atomic E-state index is 2.30. The molecule has 7 aromatic rings. The molecule has 0 aliphatic rings. The highest BCUT2D eigenvalue weighted by atomic mass is 31.2. The van der Waals surface area contributed by atoms with Gasteiger partial charge >= 0.3 is 0 Å². The van der Waals surface area contributed by atoms with Crippen LogP contribution in [-0.2, 0) is 0 Å². The minimum Gasteiger partial charge on any atom is -0.200 e. The Labute approximate surface area is 288 Å². The van der Waals surface area contributed by atoms with Gasteiger partial charge in [0.15, 0.2) is 0 Å². The van der Waals surface area contributed by atoms with Gasteiger partial charge in [0.05, 0.1) is 6.15 Å². The molecule has 2 heteroatoms. The predicted octanol–water partition coefficient (Wildman–Crippen LogP) is 8.26. The van der Waals surface area contributed by atoms with Crippen molar-refractivity contribution in [2.24, 2.45) is 0 Å². The zero-order valence-electron chi connectivity index (χ0n) is 27.9. The molecule has 0 unspecified atom stereocenters. The number of rotatable bonds is 10. The van der Waals surface area contributed by atoms with Gasteiger partial charge in [0, 0.05) is 0 Å². The first-order valence-corrected chi connectivity index (χ1v) is 19.0. The first kappa shape index (κ1) is 33.0. The van der Waals surface area contributed by atoms with Crippen LogP contribution < -0.4 is 37.6 Å². The van der Waals surface area contributed by atoms with Crippen molar-refractivity contribution in [2.45, 2.75) is 26.1 Å². The Hall–Kier alpha value is -4.97. The first-order chi connectivity index (χ1) is 23.8. The van der Waals surface area contributed by atoms with E-state index in [0.29, 0.717) is 0 Å². The Morgan fingerprint density at radius 1 is 0.333 bits per heavy atom. The molecular formula is C46H44BP. The standard InChI is InChI=1S/C24H20P.C22H24B/c1-5-13-21(14-6-1)25(22-15-7-2-8-16-22,23-17-9-3-10-18-23)24-19-11-4-12-20-24;1-2-3-19-23(20-13-7-4-8-14-20,21-15-9-5-10-16-21)22-17-11-6-12-18-22/h1-20H;4-18H,2-3,19H2,1H3/q+1;-1. The Morgan fingerprint density at radius 3 is 0.792 bits per heavy atom. The van der Waals surface area contributed by atoms with Crippen molar-refractivity contribution < 1.29 is 0 Å². The van der Waals surface area contributed by atoms with E-state index in [-0.39, 0.29) is 0 Å². The lowest BCUT2D eigenvalue weighted by Gasteiger charge is -2.43. The molecule has 7 rings (SSSR count). The van der Waals surface area contributed by atoms with E-state index in [4.69, 9.17) is 0 Å². The van der Waals surface area contributed by atoms with Gasteiger partial charge in [-0.05, 0) is 48.5 Å². The van der Waals surface area contributed by atoms with Gasteiger partial charge in [-0.15, -0.1) is 0 Å². The highest BCUT2D eigenvalue weighted by Gasteiger charge is 2.47. The predicted molar refractivity (Wildman–Crippen MR) is 215 cm³/mol. The summed E-state index contributed by atoms with van der Waals surface area (Å²) in [6.45, 7) is 2.28. The quantitative estimate of drug-likeness (QED) is 0.105. The van der Waals surface area contributed by atoms with Crippen molar-refractivity contribution in [3.8, 4) is 0 Å². The molecule has 0 saturated carbocycles. The first-order valence-electron chi connectivity index (χ1n) is 17.3. The van der Waals surface area contributed by atoms with Crippen LogP contribution in [0.25, 0.3) is 0 Å². The molecule has 7 aromatic carbocycles. The Morgan fingerprint density at radius 2 is 0.562 bits per heavy atom. The summed E-state index contributed by atoms with van der Waals surface area (Å²) in [5, 5.41) is 5.55. The monoisotopic (exact) mass is 638 g/mol. The average Bonchev–Trinajstić information content (AvgIpc) is 3.19. The normalized spacial score (nSPS) is 11.3. The van der Waals surface area contributed by atoms with E-state index in [1.807, 2.05) is 0 Å². The summed E-state index contributed by atoms with van der Waals surface area (Å²) in [4.78, 5) is 0. The molecule has 48 heavy (non-hydrogen) atoms. The van der Waals surface area contributed by atoms with Crippen LogP contribution in [0.1, 0.15) is 19.8 Å². The average molecular weight is 639 g/mol. The second-order valence-electron chi connectivity index (χ2n) is 12.4. The van der Waals surface area contributed by atoms with Gasteiger partial charge in [0.25, 0.3) is 0 Å². The second kappa shape index (κ2) is 16.2. The molecule has 0 spiro atoms. The van der Waals surface area contributed by atoms with Crippen LogP contribution in [0, 0.1) is 0 Å². The molecule has 0 fully saturated rings. The van der Waals surface area contributed by atoms with E-state index in [0.717, 1.165) is 0 Å². The summed E-state index contributed by atoms with van der Waals surface area (Å²) in [6.07, 6.45) is 2.73. The SMILES string of the molecule is CCCC[B-](c1ccccc1)(c1ccccc1)c1ccccc1.c1ccc([P+](c2ccccc2)(c2ccccc2)c2ccccc2)cc1. The zero-order chi connectivity index (χ0) is 32.9. The Bertz CT molecular complexity index is 1650. The van der Waals surface area contributed by atoms with Crippen LogP contribution >= 0.6 is 7.26 Å². The van der Waals surface area contributed by atoms with Crippen molar-refractivity contribution in [3.05, 3.63) is 212 Å². The van der Waals surface area contributed by atoms with E-state index in [9.17, 15) is 0 Å². The highest BCUT2D eigenvalue weighted by Crippen LogP contribution is 2.54. The molecule has 0 aliphatic carbocycles. The maximum absolute atomic E-state index is 2.30. The lowest BCUT2D eigenvalue weighted by Crippen LogP contribution is -2.66. The molecule has 0 aliphatic heterocycles. The molecular weight excluding hydrogens is 594 g/mol. The Balaban J connectivity index is 0.000000168. The van der Waals surface area contributed by atoms with Crippen LogP contribution in [0.2, 0.25) is 6.32 Å². The third-order valence-electron chi connectivity index (χ3n) is 9.67. The third kappa shape index (κ3) is 6.84. The number of unbranched alkanes of at least 4 members (excludes halogenated alkanes) is 1. The van der Waals surface area contributed by atoms with Crippen molar-refractivity contribution in [1.29, 1.82) is 0 Å². The smallest absolute Gasteiger partial charge is 0.144 e. The molecule has 0 radical (unpaired) electrons. The zero-order valence-corrected chi connectivity index (χ0v) is 28.7. The summed E-state index contributed by atoms with van der Waals surface area (Å²) >= 11 is 0. The Kier molecular flexibility index (Phi) is 11.1. The largest absolute Gasteiger partial charge is 0.200 e. The highest BCUT2D eigenvalue weighted by molar-refractivity contribution is 8.01. The van der Waals surface area contributed by atoms with Crippen molar-refractivity contribution in [1.82, 2.24) is 0 Å². The van der Waals surface area contributed by atoms with Crippen LogP contribution in [0.5, 0.6) is 0 Å². The van der Waals surface area contributed by atoms with Gasteiger partial charge in [0.2, 0.25) is 0 Å². The van der Waals surface area contributed by atoms with Gasteiger partial charge in [-0.1, -0.05) is 184 Å². The molecule has 0 saturated heterocycles. The molecule has 0 nitrogen and oxygen atoms in total. The molecule has 0 atom stereocenters. The van der Waals surface area contributed by atoms with Crippen LogP contribution in [0.15, 0.2) is 212 Å². The number of benzene rings is 7. The van der Waals surface area contributed by atoms with Crippen molar-refractivity contribution in [3.63, 3.8) is 0 Å². The van der Waals surface area contributed by atoms with Gasteiger partial charge in [0.1, 0.15) is 28.5 Å². The second-order valence-corrected chi connectivity index (χ2v) is 15.8. The van der Waals surface area contributed by atoms with Gasteiger partial charge in [-0.3, -0.25) is 0 Å². The summed E-state index contributed by atoms with van der Waals surface area (Å²) in [5.74, 6) is 0. The van der Waals surface area contributed by atoms with Crippen molar-refractivity contribution >= 4 is 51.0 Å².